The first-order valence-corrected chi connectivity index (χ1v) is 8.58. The Bertz CT molecular complexity index is 1010. The number of hydrogen-bond acceptors (Lipinski definition) is 1. The number of rotatable bonds is 4. The molecule has 0 atom stereocenters. The molecule has 0 N–H and O–H groups in total. The molecular weight excluding hydrogens is 423 g/mol. The van der Waals surface area contributed by atoms with E-state index in [4.69, 9.17) is 4.74 Å². The molecule has 4 aromatic carbocycles. The normalized spacial score (nSPS) is 10.1. The van der Waals surface area contributed by atoms with Crippen LogP contribution in [0.1, 0.15) is 0 Å². The average Bonchev–Trinajstić information content (AvgIpc) is 2.74. The summed E-state index contributed by atoms with van der Waals surface area (Å²) in [7, 11) is 1.70. The molecule has 0 aliphatic rings. The zero-order valence-corrected chi connectivity index (χ0v) is 16.4. The van der Waals surface area contributed by atoms with Gasteiger partial charge in [0.25, 0.3) is 0 Å². The van der Waals surface area contributed by atoms with Crippen LogP contribution in [0.4, 0.5) is 0 Å². The minimum absolute atomic E-state index is 0. The third-order valence-electron chi connectivity index (χ3n) is 4.44. The summed E-state index contributed by atoms with van der Waals surface area (Å²) in [6, 6.07) is 37.4. The zero-order valence-electron chi connectivity index (χ0n) is 14.9. The van der Waals surface area contributed by atoms with Crippen LogP contribution < -0.4 is 4.74 Å². The van der Waals surface area contributed by atoms with E-state index in [1.807, 2.05) is 42.5 Å². The van der Waals surface area contributed by atoms with Crippen molar-refractivity contribution in [3.63, 3.8) is 0 Å². The fourth-order valence-corrected chi connectivity index (χ4v) is 3.18. The predicted octanol–water partition coefficient (Wildman–Crippen LogP) is 6.29. The maximum atomic E-state index is 5.49. The zero-order chi connectivity index (χ0) is 17.8. The molecule has 0 aliphatic carbocycles. The van der Waals surface area contributed by atoms with Crippen molar-refractivity contribution in [2.45, 2.75) is 0 Å². The number of ether oxygens (including phenoxy) is 1. The molecule has 0 amide bonds. The van der Waals surface area contributed by atoms with Gasteiger partial charge in [0.05, 0.1) is 7.11 Å². The average molecular weight is 441 g/mol. The Balaban J connectivity index is 0.00000210. The number of methoxy groups -OCH3 is 1. The summed E-state index contributed by atoms with van der Waals surface area (Å²) >= 11 is 0. The van der Waals surface area contributed by atoms with Crippen LogP contribution in [0, 0.1) is 12.1 Å². The Morgan fingerprint density at radius 2 is 1.15 bits per heavy atom. The van der Waals surface area contributed by atoms with Crippen molar-refractivity contribution in [2.75, 3.05) is 7.11 Å². The molecule has 27 heavy (non-hydrogen) atoms. The van der Waals surface area contributed by atoms with Crippen molar-refractivity contribution in [3.05, 3.63) is 103 Å². The van der Waals surface area contributed by atoms with Gasteiger partial charge in [0.15, 0.2) is 0 Å². The smallest absolute Gasteiger partial charge is 0.497 e. The van der Waals surface area contributed by atoms with Crippen LogP contribution in [0.5, 0.6) is 5.75 Å². The van der Waals surface area contributed by atoms with Gasteiger partial charge in [0, 0.05) is 0 Å². The van der Waals surface area contributed by atoms with Crippen molar-refractivity contribution in [2.24, 2.45) is 0 Å². The first-order valence-electron chi connectivity index (χ1n) is 8.58. The first kappa shape index (κ1) is 19.1. The standard InChI is InChI=1S/C25H18O.Pd/c1-26-21-16-17-23(20-12-6-3-7-13-20)25(18-21)24-15-9-8-14-22(24)19-10-4-2-5-11-19;/h2-10,12,14-18H,1H3;/q-2;+2. The maximum absolute atomic E-state index is 5.49. The summed E-state index contributed by atoms with van der Waals surface area (Å²) < 4.78 is 5.49. The van der Waals surface area contributed by atoms with E-state index in [0.29, 0.717) is 0 Å². The third kappa shape index (κ3) is 4.03. The summed E-state index contributed by atoms with van der Waals surface area (Å²) in [4.78, 5) is 0. The predicted molar refractivity (Wildman–Crippen MR) is 107 cm³/mol. The van der Waals surface area contributed by atoms with Gasteiger partial charge in [0.2, 0.25) is 0 Å². The van der Waals surface area contributed by atoms with Gasteiger partial charge in [-0.15, -0.1) is 71.8 Å². The minimum Gasteiger partial charge on any atom is -0.497 e. The molecule has 2 heteroatoms. The van der Waals surface area contributed by atoms with Gasteiger partial charge in [-0.1, -0.05) is 52.6 Å². The summed E-state index contributed by atoms with van der Waals surface area (Å²) in [6.45, 7) is 0. The number of hydrogen-bond donors (Lipinski definition) is 0. The number of benzene rings is 4. The molecule has 0 unspecified atom stereocenters. The molecule has 4 aromatic rings. The van der Waals surface area contributed by atoms with E-state index in [-0.39, 0.29) is 20.4 Å². The van der Waals surface area contributed by atoms with E-state index in [9.17, 15) is 0 Å². The third-order valence-corrected chi connectivity index (χ3v) is 4.44. The summed E-state index contributed by atoms with van der Waals surface area (Å²) in [5, 5.41) is 0. The largest absolute Gasteiger partial charge is 2.00 e. The van der Waals surface area contributed by atoms with Gasteiger partial charge in [-0.2, -0.15) is 0 Å². The van der Waals surface area contributed by atoms with E-state index in [0.717, 1.165) is 39.1 Å². The molecule has 0 radical (unpaired) electrons. The second-order valence-corrected chi connectivity index (χ2v) is 6.01. The molecule has 4 rings (SSSR count). The second-order valence-electron chi connectivity index (χ2n) is 6.01. The molecule has 0 aliphatic heterocycles. The molecule has 0 aromatic heterocycles. The van der Waals surface area contributed by atoms with Gasteiger partial charge in [-0.3, -0.25) is 0 Å². The van der Waals surface area contributed by atoms with Crippen molar-refractivity contribution in [1.82, 2.24) is 0 Å². The molecule has 0 heterocycles. The Kier molecular flexibility index (Phi) is 6.25. The molecule has 0 bridgehead atoms. The van der Waals surface area contributed by atoms with Gasteiger partial charge < -0.3 is 4.74 Å². The fourth-order valence-electron chi connectivity index (χ4n) is 3.18. The maximum Gasteiger partial charge on any atom is 2.00 e. The van der Waals surface area contributed by atoms with Crippen LogP contribution in [-0.4, -0.2) is 7.11 Å². The molecule has 0 saturated heterocycles. The SMILES string of the molecule is COc1ccc(-c2[c-]cccc2)c(-c2ccccc2-c2[c-]cccc2)c1.[Pd+2]. The Labute approximate surface area is 174 Å². The van der Waals surface area contributed by atoms with Crippen LogP contribution in [0.2, 0.25) is 0 Å². The van der Waals surface area contributed by atoms with Gasteiger partial charge in [-0.25, -0.2) is 0 Å². The molecule has 0 fully saturated rings. The first-order chi connectivity index (χ1) is 12.9. The monoisotopic (exact) mass is 440 g/mol. The van der Waals surface area contributed by atoms with E-state index in [2.05, 4.69) is 60.7 Å². The summed E-state index contributed by atoms with van der Waals surface area (Å²) in [5.74, 6) is 0.839. The molecule has 1 nitrogen and oxygen atoms in total. The Morgan fingerprint density at radius 3 is 1.70 bits per heavy atom. The second kappa shape index (κ2) is 8.82. The Hall–Kier alpha value is -2.66. The van der Waals surface area contributed by atoms with E-state index < -0.39 is 0 Å². The molecular formula is C25H18OPd. The molecule has 134 valence electrons. The van der Waals surface area contributed by atoms with Gasteiger partial charge in [0.1, 0.15) is 5.75 Å². The van der Waals surface area contributed by atoms with Crippen LogP contribution in [-0.2, 0) is 20.4 Å². The Morgan fingerprint density at radius 1 is 0.593 bits per heavy atom. The van der Waals surface area contributed by atoms with Crippen LogP contribution >= 0.6 is 0 Å². The molecule has 0 saturated carbocycles. The van der Waals surface area contributed by atoms with Crippen molar-refractivity contribution < 1.29 is 25.2 Å². The topological polar surface area (TPSA) is 9.23 Å². The van der Waals surface area contributed by atoms with Crippen molar-refractivity contribution in [1.29, 1.82) is 0 Å². The molecule has 0 spiro atoms. The van der Waals surface area contributed by atoms with E-state index in [1.165, 1.54) is 0 Å². The quantitative estimate of drug-likeness (QED) is 0.267. The van der Waals surface area contributed by atoms with Crippen molar-refractivity contribution >= 4 is 0 Å². The van der Waals surface area contributed by atoms with E-state index in [1.54, 1.807) is 7.11 Å². The minimum atomic E-state index is 0. The van der Waals surface area contributed by atoms with Crippen molar-refractivity contribution in [3.8, 4) is 39.1 Å². The fraction of sp³-hybridized carbons (Fsp3) is 0.0400. The van der Waals surface area contributed by atoms with Crippen LogP contribution in [0.25, 0.3) is 33.4 Å². The van der Waals surface area contributed by atoms with Gasteiger partial charge in [-0.05, 0) is 12.1 Å². The van der Waals surface area contributed by atoms with Gasteiger partial charge >= 0.3 is 20.4 Å². The van der Waals surface area contributed by atoms with E-state index >= 15 is 0 Å². The van der Waals surface area contributed by atoms with Crippen LogP contribution in [0.15, 0.2) is 91.0 Å². The summed E-state index contributed by atoms with van der Waals surface area (Å²) in [5.41, 5.74) is 6.71. The summed E-state index contributed by atoms with van der Waals surface area (Å²) in [6.07, 6.45) is 0. The van der Waals surface area contributed by atoms with Crippen LogP contribution in [0.3, 0.4) is 0 Å².